The maximum absolute atomic E-state index is 12.5. The molecule has 0 radical (unpaired) electrons. The number of hydrogen-bond acceptors (Lipinski definition) is 3. The van der Waals surface area contributed by atoms with Gasteiger partial charge in [-0.1, -0.05) is 17.7 Å². The number of rotatable bonds is 5. The van der Waals surface area contributed by atoms with E-state index >= 15 is 0 Å². The lowest BCUT2D eigenvalue weighted by Crippen LogP contribution is -2.21. The summed E-state index contributed by atoms with van der Waals surface area (Å²) in [5.74, 6) is -1.05. The Kier molecular flexibility index (Phi) is 5.49. The smallest absolute Gasteiger partial charge is 0.228 e. The molecule has 2 aromatic rings. The minimum Gasteiger partial charge on any atom is -0.326 e. The quantitative estimate of drug-likeness (QED) is 0.739. The van der Waals surface area contributed by atoms with Crippen molar-refractivity contribution < 1.29 is 14.4 Å². The molecule has 0 aromatic heterocycles. The van der Waals surface area contributed by atoms with E-state index in [0.29, 0.717) is 17.8 Å². The van der Waals surface area contributed by atoms with Crippen LogP contribution < -0.4 is 16.0 Å². The summed E-state index contributed by atoms with van der Waals surface area (Å²) in [5, 5.41) is 8.49. The van der Waals surface area contributed by atoms with E-state index < -0.39 is 0 Å². The molecule has 0 aliphatic heterocycles. The van der Waals surface area contributed by atoms with Crippen LogP contribution in [0.1, 0.15) is 30.0 Å². The molecule has 3 N–H and O–H groups in total. The van der Waals surface area contributed by atoms with E-state index in [4.69, 9.17) is 0 Å². The Hall–Kier alpha value is -3.15. The molecule has 3 rings (SSSR count). The molecular weight excluding hydrogens is 354 g/mol. The summed E-state index contributed by atoms with van der Waals surface area (Å²) in [6.45, 7) is 7.40. The molecule has 0 bridgehead atoms. The second-order valence-electron chi connectivity index (χ2n) is 7.46. The van der Waals surface area contributed by atoms with E-state index in [1.807, 2.05) is 32.9 Å². The molecule has 2 atom stereocenters. The standard InChI is InChI=1S/C22H25N3O3/c1-12-9-13(2)20(14(3)10-12)25-22(28)19-11-18(19)21(27)24-17-7-5-16(6-8-17)23-15(4)26/h5-10,18-19H,11H2,1-4H3,(H,23,26)(H,24,27)(H,25,28). The molecule has 1 fully saturated rings. The fourth-order valence-corrected chi connectivity index (χ4v) is 3.44. The lowest BCUT2D eigenvalue weighted by molar-refractivity contribution is -0.122. The van der Waals surface area contributed by atoms with Gasteiger partial charge in [0.1, 0.15) is 0 Å². The second kappa shape index (κ2) is 7.84. The van der Waals surface area contributed by atoms with E-state index in [-0.39, 0.29) is 29.6 Å². The number of amides is 3. The van der Waals surface area contributed by atoms with Gasteiger partial charge in [0.15, 0.2) is 0 Å². The van der Waals surface area contributed by atoms with Crippen molar-refractivity contribution in [2.45, 2.75) is 34.1 Å². The summed E-state index contributed by atoms with van der Waals surface area (Å²) >= 11 is 0. The Morgan fingerprint density at radius 1 is 0.786 bits per heavy atom. The zero-order valence-electron chi connectivity index (χ0n) is 16.6. The van der Waals surface area contributed by atoms with Crippen molar-refractivity contribution in [3.8, 4) is 0 Å². The average Bonchev–Trinajstić information content (AvgIpc) is 3.40. The molecule has 6 nitrogen and oxygen atoms in total. The first-order valence-electron chi connectivity index (χ1n) is 9.32. The zero-order chi connectivity index (χ0) is 20.4. The molecule has 0 spiro atoms. The predicted molar refractivity (Wildman–Crippen MR) is 110 cm³/mol. The van der Waals surface area contributed by atoms with Crippen LogP contribution in [0.5, 0.6) is 0 Å². The number of aryl methyl sites for hydroxylation is 3. The van der Waals surface area contributed by atoms with Crippen molar-refractivity contribution in [1.82, 2.24) is 0 Å². The highest BCUT2D eigenvalue weighted by Gasteiger charge is 2.48. The van der Waals surface area contributed by atoms with Crippen molar-refractivity contribution in [1.29, 1.82) is 0 Å². The Morgan fingerprint density at radius 3 is 1.75 bits per heavy atom. The molecule has 0 heterocycles. The Morgan fingerprint density at radius 2 is 1.25 bits per heavy atom. The first-order chi connectivity index (χ1) is 13.2. The van der Waals surface area contributed by atoms with Crippen molar-refractivity contribution in [3.63, 3.8) is 0 Å². The van der Waals surface area contributed by atoms with Gasteiger partial charge in [0.2, 0.25) is 17.7 Å². The maximum atomic E-state index is 12.5. The van der Waals surface area contributed by atoms with Gasteiger partial charge in [0.05, 0.1) is 11.8 Å². The second-order valence-corrected chi connectivity index (χ2v) is 7.46. The van der Waals surface area contributed by atoms with Crippen molar-refractivity contribution >= 4 is 34.8 Å². The van der Waals surface area contributed by atoms with Gasteiger partial charge in [-0.25, -0.2) is 0 Å². The highest BCUT2D eigenvalue weighted by atomic mass is 16.2. The van der Waals surface area contributed by atoms with Crippen molar-refractivity contribution in [3.05, 3.63) is 53.1 Å². The summed E-state index contributed by atoms with van der Waals surface area (Å²) in [6, 6.07) is 10.9. The summed E-state index contributed by atoms with van der Waals surface area (Å²) in [4.78, 5) is 36.0. The molecule has 6 heteroatoms. The number of hydrogen-bond donors (Lipinski definition) is 3. The molecule has 1 aliphatic carbocycles. The number of carbonyl (C=O) groups is 3. The number of carbonyl (C=O) groups excluding carboxylic acids is 3. The average molecular weight is 379 g/mol. The van der Waals surface area contributed by atoms with Gasteiger partial charge >= 0.3 is 0 Å². The fraction of sp³-hybridized carbons (Fsp3) is 0.318. The molecule has 1 aliphatic rings. The normalized spacial score (nSPS) is 17.6. The molecule has 1 saturated carbocycles. The lowest BCUT2D eigenvalue weighted by atomic mass is 10.0. The summed E-state index contributed by atoms with van der Waals surface area (Å²) in [7, 11) is 0. The first kappa shape index (κ1) is 19.6. The SMILES string of the molecule is CC(=O)Nc1ccc(NC(=O)C2CC2C(=O)Nc2c(C)cc(C)cc2C)cc1. The zero-order valence-corrected chi connectivity index (χ0v) is 16.6. The summed E-state index contributed by atoms with van der Waals surface area (Å²) < 4.78 is 0. The van der Waals surface area contributed by atoms with Crippen LogP contribution in [0.4, 0.5) is 17.1 Å². The van der Waals surface area contributed by atoms with Gasteiger partial charge in [0, 0.05) is 24.0 Å². The largest absolute Gasteiger partial charge is 0.326 e. The predicted octanol–water partition coefficient (Wildman–Crippen LogP) is 3.78. The third kappa shape index (κ3) is 4.57. The van der Waals surface area contributed by atoms with Crippen LogP contribution in [0.3, 0.4) is 0 Å². The molecular formula is C22H25N3O3. The summed E-state index contributed by atoms with van der Waals surface area (Å²) in [6.07, 6.45) is 0.547. The highest BCUT2D eigenvalue weighted by Crippen LogP contribution is 2.40. The maximum Gasteiger partial charge on any atom is 0.228 e. The van der Waals surface area contributed by atoms with Crippen LogP contribution in [-0.4, -0.2) is 17.7 Å². The van der Waals surface area contributed by atoms with Gasteiger partial charge in [-0.2, -0.15) is 0 Å². The van der Waals surface area contributed by atoms with E-state index in [9.17, 15) is 14.4 Å². The molecule has 2 aromatic carbocycles. The molecule has 3 amide bonds. The Labute approximate surface area is 164 Å². The summed E-state index contributed by atoms with van der Waals surface area (Å²) in [5.41, 5.74) is 5.32. The van der Waals surface area contributed by atoms with Gasteiger partial charge in [-0.15, -0.1) is 0 Å². The van der Waals surface area contributed by atoms with Crippen LogP contribution in [0.2, 0.25) is 0 Å². The number of anilines is 3. The van der Waals surface area contributed by atoms with Crippen molar-refractivity contribution in [2.24, 2.45) is 11.8 Å². The third-order valence-electron chi connectivity index (χ3n) is 4.86. The minimum absolute atomic E-state index is 0.115. The number of nitrogens with one attached hydrogen (secondary N) is 3. The first-order valence-corrected chi connectivity index (χ1v) is 9.32. The molecule has 0 saturated heterocycles. The van der Waals surface area contributed by atoms with Gasteiger partial charge in [-0.3, -0.25) is 14.4 Å². The molecule has 2 unspecified atom stereocenters. The number of benzene rings is 2. The minimum atomic E-state index is -0.318. The van der Waals surface area contributed by atoms with E-state index in [0.717, 1.165) is 22.4 Å². The topological polar surface area (TPSA) is 87.3 Å². The van der Waals surface area contributed by atoms with Crippen molar-refractivity contribution in [2.75, 3.05) is 16.0 Å². The van der Waals surface area contributed by atoms with Crippen LogP contribution in [0.25, 0.3) is 0 Å². The van der Waals surface area contributed by atoms with Crippen LogP contribution in [-0.2, 0) is 14.4 Å². The third-order valence-corrected chi connectivity index (χ3v) is 4.86. The molecule has 28 heavy (non-hydrogen) atoms. The van der Waals surface area contributed by atoms with Gasteiger partial charge < -0.3 is 16.0 Å². The van der Waals surface area contributed by atoms with E-state index in [2.05, 4.69) is 16.0 Å². The van der Waals surface area contributed by atoms with E-state index in [1.54, 1.807) is 24.3 Å². The Bertz CT molecular complexity index is 912. The fourth-order valence-electron chi connectivity index (χ4n) is 3.44. The lowest BCUT2D eigenvalue weighted by Gasteiger charge is -2.13. The van der Waals surface area contributed by atoms with Crippen LogP contribution >= 0.6 is 0 Å². The van der Waals surface area contributed by atoms with Gasteiger partial charge in [-0.05, 0) is 62.6 Å². The molecule has 146 valence electrons. The monoisotopic (exact) mass is 379 g/mol. The van der Waals surface area contributed by atoms with Gasteiger partial charge in [0.25, 0.3) is 0 Å². The van der Waals surface area contributed by atoms with E-state index in [1.165, 1.54) is 6.92 Å². The Balaban J connectivity index is 1.56. The van der Waals surface area contributed by atoms with Crippen LogP contribution in [0, 0.1) is 32.6 Å². The van der Waals surface area contributed by atoms with Crippen LogP contribution in [0.15, 0.2) is 36.4 Å². The highest BCUT2D eigenvalue weighted by molar-refractivity contribution is 6.03.